The van der Waals surface area contributed by atoms with Crippen LogP contribution in [0.2, 0.25) is 0 Å². The highest BCUT2D eigenvalue weighted by Crippen LogP contribution is 2.19. The lowest BCUT2D eigenvalue weighted by atomic mass is 10.1. The molecular formula is C17H13FN2O3. The summed E-state index contributed by atoms with van der Waals surface area (Å²) in [6.07, 6.45) is 0. The van der Waals surface area contributed by atoms with E-state index in [1.54, 1.807) is 31.4 Å². The van der Waals surface area contributed by atoms with Gasteiger partial charge in [0.1, 0.15) is 22.7 Å². The van der Waals surface area contributed by atoms with Crippen molar-refractivity contribution in [2.45, 2.75) is 0 Å². The van der Waals surface area contributed by atoms with E-state index in [1.807, 2.05) is 0 Å². The minimum atomic E-state index is -0.702. The van der Waals surface area contributed by atoms with Gasteiger partial charge in [0.2, 0.25) is 5.55 Å². The second-order valence-corrected chi connectivity index (χ2v) is 4.82. The van der Waals surface area contributed by atoms with Crippen LogP contribution in [-0.4, -0.2) is 13.0 Å². The van der Waals surface area contributed by atoms with Crippen LogP contribution in [0.3, 0.4) is 0 Å². The fraction of sp³-hybridized carbons (Fsp3) is 0.0588. The van der Waals surface area contributed by atoms with Crippen LogP contribution in [-0.2, 0) is 0 Å². The minimum absolute atomic E-state index is 0.0711. The Labute approximate surface area is 130 Å². The molecule has 2 N–H and O–H groups in total. The topological polar surface area (TPSA) is 77.8 Å². The molecule has 5 nitrogen and oxygen atoms in total. The summed E-state index contributed by atoms with van der Waals surface area (Å²) in [6, 6.07) is 12.4. The van der Waals surface area contributed by atoms with Crippen LogP contribution in [0, 0.1) is 5.82 Å². The number of methoxy groups -OCH3 is 1. The number of carbonyl (C=O) groups is 1. The normalized spacial score (nSPS) is 11.7. The van der Waals surface area contributed by atoms with E-state index in [9.17, 15) is 9.18 Å². The van der Waals surface area contributed by atoms with E-state index in [1.165, 1.54) is 24.3 Å². The van der Waals surface area contributed by atoms with E-state index in [0.29, 0.717) is 22.4 Å². The molecule has 0 radical (unpaired) electrons. The van der Waals surface area contributed by atoms with Gasteiger partial charge in [0.25, 0.3) is 5.91 Å². The van der Waals surface area contributed by atoms with Gasteiger partial charge in [-0.05, 0) is 48.5 Å². The van der Waals surface area contributed by atoms with E-state index in [0.717, 1.165) is 0 Å². The zero-order valence-corrected chi connectivity index (χ0v) is 12.2. The molecule has 2 aromatic carbocycles. The van der Waals surface area contributed by atoms with Gasteiger partial charge in [-0.1, -0.05) is 0 Å². The largest absolute Gasteiger partial charge is 0.497 e. The van der Waals surface area contributed by atoms with Crippen LogP contribution in [0.25, 0.3) is 11.0 Å². The molecule has 1 aromatic heterocycles. The molecule has 1 amide bonds. The van der Waals surface area contributed by atoms with Crippen molar-refractivity contribution in [3.8, 4) is 5.75 Å². The van der Waals surface area contributed by atoms with Gasteiger partial charge in [-0.2, -0.15) is 0 Å². The maximum Gasteiger partial charge on any atom is 0.254 e. The van der Waals surface area contributed by atoms with Gasteiger partial charge in [-0.15, -0.1) is 0 Å². The summed E-state index contributed by atoms with van der Waals surface area (Å²) >= 11 is 0. The summed E-state index contributed by atoms with van der Waals surface area (Å²) in [7, 11) is 1.56. The van der Waals surface area contributed by atoms with Crippen molar-refractivity contribution >= 4 is 22.6 Å². The Morgan fingerprint density at radius 1 is 1.17 bits per heavy atom. The molecule has 0 aliphatic carbocycles. The third kappa shape index (κ3) is 3.06. The summed E-state index contributed by atoms with van der Waals surface area (Å²) in [4.78, 5) is 15.9. The number of primary amides is 1. The average Bonchev–Trinajstić information content (AvgIpc) is 2.55. The molecule has 3 aromatic rings. The highest BCUT2D eigenvalue weighted by molar-refractivity contribution is 5.95. The number of benzene rings is 2. The molecule has 0 saturated heterocycles. The van der Waals surface area contributed by atoms with Crippen molar-refractivity contribution in [1.29, 1.82) is 0 Å². The van der Waals surface area contributed by atoms with E-state index >= 15 is 0 Å². The molecule has 0 atom stereocenters. The Kier molecular flexibility index (Phi) is 3.80. The van der Waals surface area contributed by atoms with Gasteiger partial charge in [0.15, 0.2) is 0 Å². The molecule has 0 spiro atoms. The summed E-state index contributed by atoms with van der Waals surface area (Å²) < 4.78 is 24.0. The monoisotopic (exact) mass is 312 g/mol. The Hall–Kier alpha value is -3.15. The molecule has 23 heavy (non-hydrogen) atoms. The van der Waals surface area contributed by atoms with Crippen LogP contribution in [0.1, 0.15) is 10.4 Å². The first-order valence-electron chi connectivity index (χ1n) is 6.79. The molecule has 1 heterocycles. The van der Waals surface area contributed by atoms with Crippen molar-refractivity contribution in [2.75, 3.05) is 7.11 Å². The predicted octanol–water partition coefficient (Wildman–Crippen LogP) is 2.91. The molecule has 0 saturated carbocycles. The molecule has 116 valence electrons. The number of ether oxygens (including phenoxy) is 1. The van der Waals surface area contributed by atoms with Crippen LogP contribution in [0.15, 0.2) is 57.9 Å². The standard InChI is InChI=1S/C17H13FN2O3/c1-22-13-5-3-12(4-6-13)20-17-14(16(19)21)9-10-8-11(18)2-7-15(10)23-17/h2-9H,1H3,(H2,19,21)/b20-17-. The second kappa shape index (κ2) is 5.92. The Balaban J connectivity index is 2.21. The minimum Gasteiger partial charge on any atom is -0.497 e. The Morgan fingerprint density at radius 3 is 2.57 bits per heavy atom. The zero-order valence-electron chi connectivity index (χ0n) is 12.2. The molecule has 0 unspecified atom stereocenters. The van der Waals surface area contributed by atoms with Gasteiger partial charge >= 0.3 is 0 Å². The van der Waals surface area contributed by atoms with Crippen molar-refractivity contribution in [2.24, 2.45) is 10.7 Å². The number of halogens is 1. The number of carbonyl (C=O) groups excluding carboxylic acids is 1. The molecule has 0 aliphatic heterocycles. The zero-order chi connectivity index (χ0) is 16.4. The molecule has 0 bridgehead atoms. The van der Waals surface area contributed by atoms with Crippen LogP contribution in [0.5, 0.6) is 5.75 Å². The summed E-state index contributed by atoms with van der Waals surface area (Å²) in [5, 5.41) is 0.437. The summed E-state index contributed by atoms with van der Waals surface area (Å²) in [6.45, 7) is 0. The third-order valence-corrected chi connectivity index (χ3v) is 3.28. The lowest BCUT2D eigenvalue weighted by Crippen LogP contribution is -2.21. The highest BCUT2D eigenvalue weighted by atomic mass is 19.1. The smallest absolute Gasteiger partial charge is 0.254 e. The summed E-state index contributed by atoms with van der Waals surface area (Å²) in [5.41, 5.74) is 6.50. The fourth-order valence-electron chi connectivity index (χ4n) is 2.14. The molecule has 0 aliphatic rings. The number of rotatable bonds is 3. The number of amides is 1. The summed E-state index contributed by atoms with van der Waals surface area (Å²) in [5.74, 6) is -0.444. The number of hydrogen-bond donors (Lipinski definition) is 1. The first kappa shape index (κ1) is 14.8. The van der Waals surface area contributed by atoms with Crippen LogP contribution in [0.4, 0.5) is 10.1 Å². The molecule has 6 heteroatoms. The van der Waals surface area contributed by atoms with Gasteiger partial charge < -0.3 is 14.9 Å². The maximum atomic E-state index is 13.3. The lowest BCUT2D eigenvalue weighted by Gasteiger charge is -2.03. The molecule has 0 fully saturated rings. The highest BCUT2D eigenvalue weighted by Gasteiger charge is 2.10. The first-order chi connectivity index (χ1) is 11.1. The van der Waals surface area contributed by atoms with Gasteiger partial charge in [-0.3, -0.25) is 4.79 Å². The predicted molar refractivity (Wildman–Crippen MR) is 82.9 cm³/mol. The fourth-order valence-corrected chi connectivity index (χ4v) is 2.14. The quantitative estimate of drug-likeness (QED) is 0.807. The van der Waals surface area contributed by atoms with E-state index in [4.69, 9.17) is 14.9 Å². The van der Waals surface area contributed by atoms with Crippen LogP contribution >= 0.6 is 0 Å². The SMILES string of the molecule is COc1ccc(/N=c2\oc3ccc(F)cc3cc2C(N)=O)cc1. The number of hydrogen-bond acceptors (Lipinski definition) is 4. The second-order valence-electron chi connectivity index (χ2n) is 4.82. The van der Waals surface area contributed by atoms with Crippen molar-refractivity contribution < 1.29 is 18.3 Å². The van der Waals surface area contributed by atoms with E-state index in [-0.39, 0.29) is 11.1 Å². The van der Waals surface area contributed by atoms with Crippen molar-refractivity contribution in [1.82, 2.24) is 0 Å². The third-order valence-electron chi connectivity index (χ3n) is 3.28. The number of fused-ring (bicyclic) bond motifs is 1. The maximum absolute atomic E-state index is 13.3. The lowest BCUT2D eigenvalue weighted by molar-refractivity contribution is 0.0996. The van der Waals surface area contributed by atoms with E-state index < -0.39 is 11.7 Å². The van der Waals surface area contributed by atoms with Gasteiger partial charge in [-0.25, -0.2) is 9.38 Å². The number of nitrogens with zero attached hydrogens (tertiary/aromatic N) is 1. The first-order valence-corrected chi connectivity index (χ1v) is 6.79. The number of nitrogens with two attached hydrogens (primary N) is 1. The van der Waals surface area contributed by atoms with Gasteiger partial charge in [0.05, 0.1) is 12.8 Å². The van der Waals surface area contributed by atoms with Crippen molar-refractivity contribution in [3.63, 3.8) is 0 Å². The average molecular weight is 312 g/mol. The Bertz CT molecular complexity index is 946. The molecular weight excluding hydrogens is 299 g/mol. The molecule has 3 rings (SSSR count). The van der Waals surface area contributed by atoms with Crippen LogP contribution < -0.4 is 16.0 Å². The Morgan fingerprint density at radius 2 is 1.91 bits per heavy atom. The van der Waals surface area contributed by atoms with E-state index in [2.05, 4.69) is 4.99 Å². The van der Waals surface area contributed by atoms with Crippen molar-refractivity contribution in [3.05, 3.63) is 65.5 Å². The van der Waals surface area contributed by atoms with Gasteiger partial charge in [0, 0.05) is 5.39 Å².